The van der Waals surface area contributed by atoms with E-state index in [0.29, 0.717) is 12.0 Å². The number of benzene rings is 6. The molecule has 3 nitrogen and oxygen atoms in total. The van der Waals surface area contributed by atoms with Crippen LogP contribution in [-0.2, 0) is 0 Å². The van der Waals surface area contributed by atoms with Gasteiger partial charge in [-0.3, -0.25) is 0 Å². The van der Waals surface area contributed by atoms with Gasteiger partial charge in [-0.05, 0) is 109 Å². The zero-order valence-electron chi connectivity index (χ0n) is 29.2. The number of nitrogens with zero attached hydrogens (tertiary/aromatic N) is 2. The molecule has 1 N–H and O–H groups in total. The Hall–Kier alpha value is -5.02. The third-order valence-electron chi connectivity index (χ3n) is 10.6. The first-order valence-corrected chi connectivity index (χ1v) is 18.3. The van der Waals surface area contributed by atoms with Gasteiger partial charge in [-0.25, -0.2) is 0 Å². The quantitative estimate of drug-likeness (QED) is 0.142. The lowest BCUT2D eigenvalue weighted by molar-refractivity contribution is 0.350. The van der Waals surface area contributed by atoms with Gasteiger partial charge in [0.05, 0.1) is 0 Å². The van der Waals surface area contributed by atoms with E-state index >= 15 is 0 Å². The number of anilines is 5. The van der Waals surface area contributed by atoms with Gasteiger partial charge in [0.15, 0.2) is 0 Å². The number of nitrogens with one attached hydrogen (secondary N) is 1. The number of hydrogen-bond acceptors (Lipinski definition) is 3. The van der Waals surface area contributed by atoms with E-state index in [0.717, 1.165) is 13.1 Å². The Bertz CT molecular complexity index is 1840. The summed E-state index contributed by atoms with van der Waals surface area (Å²) >= 11 is 0. The molecular formula is C46H49N3. The van der Waals surface area contributed by atoms with Gasteiger partial charge in [0, 0.05) is 58.9 Å². The Balaban J connectivity index is 1.30. The maximum atomic E-state index is 3.99. The van der Waals surface area contributed by atoms with Gasteiger partial charge in [-0.1, -0.05) is 111 Å². The summed E-state index contributed by atoms with van der Waals surface area (Å²) in [6.07, 6.45) is 5.21. The summed E-state index contributed by atoms with van der Waals surface area (Å²) in [4.78, 5) is 4.75. The number of para-hydroxylation sites is 2. The third kappa shape index (κ3) is 6.94. The van der Waals surface area contributed by atoms with E-state index in [9.17, 15) is 0 Å². The summed E-state index contributed by atoms with van der Waals surface area (Å²) < 4.78 is 0. The van der Waals surface area contributed by atoms with E-state index in [-0.39, 0.29) is 5.92 Å². The predicted molar refractivity (Wildman–Crippen MR) is 211 cm³/mol. The van der Waals surface area contributed by atoms with Crippen LogP contribution >= 0.6 is 0 Å². The topological polar surface area (TPSA) is 18.5 Å². The van der Waals surface area contributed by atoms with Crippen LogP contribution in [0.15, 0.2) is 146 Å². The van der Waals surface area contributed by atoms with E-state index in [2.05, 4.69) is 181 Å². The summed E-state index contributed by atoms with van der Waals surface area (Å²) in [7, 11) is 0. The fourth-order valence-corrected chi connectivity index (χ4v) is 7.92. The molecule has 1 aliphatic rings. The van der Waals surface area contributed by atoms with Crippen LogP contribution in [-0.4, -0.2) is 19.1 Å². The first-order chi connectivity index (χ1) is 24.1. The predicted octanol–water partition coefficient (Wildman–Crippen LogP) is 12.3. The summed E-state index contributed by atoms with van der Waals surface area (Å²) in [6, 6.07) is 54.2. The summed E-state index contributed by atoms with van der Waals surface area (Å²) in [6.45, 7) is 8.66. The van der Waals surface area contributed by atoms with Gasteiger partial charge in [-0.2, -0.15) is 0 Å². The summed E-state index contributed by atoms with van der Waals surface area (Å²) in [5.41, 5.74) is 10.0. The van der Waals surface area contributed by atoms with Crippen LogP contribution in [0, 0.1) is 5.92 Å². The minimum absolute atomic E-state index is 0.0780. The van der Waals surface area contributed by atoms with Gasteiger partial charge in [0.2, 0.25) is 0 Å². The number of hydrogen-bond donors (Lipinski definition) is 1. The van der Waals surface area contributed by atoms with Crippen LogP contribution < -0.4 is 15.1 Å². The Morgan fingerprint density at radius 3 is 1.51 bits per heavy atom. The van der Waals surface area contributed by atoms with Crippen molar-refractivity contribution >= 4 is 39.2 Å². The summed E-state index contributed by atoms with van der Waals surface area (Å²) in [5.74, 6) is 0.767. The molecule has 7 rings (SSSR count). The van der Waals surface area contributed by atoms with Crippen molar-refractivity contribution in [1.29, 1.82) is 0 Å². The molecule has 6 aromatic carbocycles. The van der Waals surface area contributed by atoms with Crippen molar-refractivity contribution < 1.29 is 0 Å². The van der Waals surface area contributed by atoms with Gasteiger partial charge in [-0.15, -0.1) is 0 Å². The smallest absolute Gasteiger partial charge is 0.0422 e. The van der Waals surface area contributed by atoms with Crippen molar-refractivity contribution in [1.82, 2.24) is 0 Å². The molecule has 0 spiro atoms. The highest BCUT2D eigenvalue weighted by molar-refractivity contribution is 5.97. The molecule has 0 aliphatic heterocycles. The molecule has 248 valence electrons. The minimum Gasteiger partial charge on any atom is -0.382 e. The van der Waals surface area contributed by atoms with Gasteiger partial charge < -0.3 is 15.1 Å². The molecular weight excluding hydrogens is 595 g/mol. The fraction of sp³-hybridized carbons (Fsp3) is 0.261. The Kier molecular flexibility index (Phi) is 9.98. The summed E-state index contributed by atoms with van der Waals surface area (Å²) in [5, 5.41) is 6.61. The average Bonchev–Trinajstić information content (AvgIpc) is 3.16. The highest BCUT2D eigenvalue weighted by Gasteiger charge is 2.24. The second kappa shape index (κ2) is 15.0. The van der Waals surface area contributed by atoms with Gasteiger partial charge >= 0.3 is 0 Å². The Morgan fingerprint density at radius 1 is 0.531 bits per heavy atom. The monoisotopic (exact) mass is 643 g/mol. The van der Waals surface area contributed by atoms with Crippen molar-refractivity contribution in [2.75, 3.05) is 28.2 Å². The first-order valence-electron chi connectivity index (χ1n) is 18.3. The first kappa shape index (κ1) is 32.5. The maximum absolute atomic E-state index is 3.99. The largest absolute Gasteiger partial charge is 0.382 e. The molecule has 0 amide bonds. The van der Waals surface area contributed by atoms with Crippen molar-refractivity contribution in [3.63, 3.8) is 0 Å². The Morgan fingerprint density at radius 2 is 1.00 bits per heavy atom. The molecule has 49 heavy (non-hydrogen) atoms. The molecule has 0 radical (unpaired) electrons. The highest BCUT2D eigenvalue weighted by Crippen LogP contribution is 2.41. The standard InChI is InChI=1S/C46H49N3/c1-4-48(37-17-8-6-9-18-37)39-28-24-35(25-29-39)46(36-26-30-40(31-27-36)49(5-2)38-19-10-7-11-20-38)43-32-33-45(42-22-14-13-21-41(42)43)47-44-23-15-12-16-34(44)3/h6-11,13-14,17-22,24-34,44,46-47H,4-5,12,15-16,23H2,1-3H3. The zero-order chi connectivity index (χ0) is 33.6. The van der Waals surface area contributed by atoms with E-state index in [4.69, 9.17) is 0 Å². The van der Waals surface area contributed by atoms with Crippen molar-refractivity contribution in [2.24, 2.45) is 5.92 Å². The lowest BCUT2D eigenvalue weighted by Crippen LogP contribution is -2.30. The van der Waals surface area contributed by atoms with E-state index in [1.807, 2.05) is 0 Å². The van der Waals surface area contributed by atoms with Crippen molar-refractivity contribution in [3.8, 4) is 0 Å². The molecule has 1 fully saturated rings. The van der Waals surface area contributed by atoms with Gasteiger partial charge in [0.25, 0.3) is 0 Å². The number of rotatable bonds is 11. The van der Waals surface area contributed by atoms with E-state index in [1.54, 1.807) is 0 Å². The molecule has 0 saturated heterocycles. The van der Waals surface area contributed by atoms with Crippen LogP contribution in [0.3, 0.4) is 0 Å². The molecule has 0 aromatic heterocycles. The third-order valence-corrected chi connectivity index (χ3v) is 10.6. The second-order valence-corrected chi connectivity index (χ2v) is 13.5. The SMILES string of the molecule is CCN(c1ccccc1)c1ccc(C(c2ccc(N(CC)c3ccccc3)cc2)c2ccc(NC3CCCCC3C)c3ccccc23)cc1. The van der Waals surface area contributed by atoms with Crippen LogP contribution in [0.5, 0.6) is 0 Å². The molecule has 0 bridgehead atoms. The highest BCUT2D eigenvalue weighted by atomic mass is 15.1. The maximum Gasteiger partial charge on any atom is 0.0422 e. The second-order valence-electron chi connectivity index (χ2n) is 13.5. The molecule has 2 unspecified atom stereocenters. The normalized spacial score (nSPS) is 16.1. The van der Waals surface area contributed by atoms with Crippen molar-refractivity contribution in [2.45, 2.75) is 58.4 Å². The molecule has 3 heteroatoms. The van der Waals surface area contributed by atoms with Crippen LogP contribution in [0.25, 0.3) is 10.8 Å². The minimum atomic E-state index is 0.0780. The molecule has 6 aromatic rings. The lowest BCUT2D eigenvalue weighted by atomic mass is 9.82. The van der Waals surface area contributed by atoms with E-state index < -0.39 is 0 Å². The molecule has 0 heterocycles. The van der Waals surface area contributed by atoms with Crippen LogP contribution in [0.1, 0.15) is 69.1 Å². The van der Waals surface area contributed by atoms with Crippen molar-refractivity contribution in [3.05, 3.63) is 162 Å². The zero-order valence-corrected chi connectivity index (χ0v) is 29.2. The Labute approximate surface area is 293 Å². The number of fused-ring (bicyclic) bond motifs is 1. The van der Waals surface area contributed by atoms with Crippen LogP contribution in [0.2, 0.25) is 0 Å². The molecule has 1 saturated carbocycles. The average molecular weight is 644 g/mol. The molecule has 1 aliphatic carbocycles. The van der Waals surface area contributed by atoms with Crippen LogP contribution in [0.4, 0.5) is 28.4 Å². The van der Waals surface area contributed by atoms with Gasteiger partial charge in [0.1, 0.15) is 0 Å². The lowest BCUT2D eigenvalue weighted by Gasteiger charge is -2.31. The van der Waals surface area contributed by atoms with E-state index in [1.165, 1.54) is 81.6 Å². The fourth-order valence-electron chi connectivity index (χ4n) is 7.92. The molecule has 2 atom stereocenters.